The normalized spacial score (nSPS) is 16.4. The molecule has 2 aromatic carbocycles. The molecule has 2 aromatic rings. The molecular weight excluding hydrogens is 336 g/mol. The van der Waals surface area contributed by atoms with Crippen LogP contribution in [0.2, 0.25) is 0 Å². The molecule has 1 unspecified atom stereocenters. The van der Waals surface area contributed by atoms with E-state index < -0.39 is 4.92 Å². The van der Waals surface area contributed by atoms with Crippen LogP contribution in [0.4, 0.5) is 5.69 Å². The Hall–Kier alpha value is -3.09. The Morgan fingerprint density at radius 2 is 1.88 bits per heavy atom. The van der Waals surface area contributed by atoms with E-state index in [0.717, 1.165) is 24.2 Å². The van der Waals surface area contributed by atoms with E-state index in [2.05, 4.69) is 0 Å². The number of carbonyl (C=O) groups excluding carboxylic acids is 1. The van der Waals surface area contributed by atoms with Gasteiger partial charge in [-0.2, -0.15) is 0 Å². The van der Waals surface area contributed by atoms with Crippen LogP contribution in [-0.2, 0) is 0 Å². The molecule has 0 spiro atoms. The Labute approximate surface area is 151 Å². The summed E-state index contributed by atoms with van der Waals surface area (Å²) < 4.78 is 10.2. The zero-order valence-electron chi connectivity index (χ0n) is 14.7. The summed E-state index contributed by atoms with van der Waals surface area (Å²) in [5, 5.41) is 11.2. The summed E-state index contributed by atoms with van der Waals surface area (Å²) in [5.41, 5.74) is 1.11. The van der Waals surface area contributed by atoms with E-state index in [4.69, 9.17) is 9.47 Å². The van der Waals surface area contributed by atoms with Gasteiger partial charge < -0.3 is 14.4 Å². The van der Waals surface area contributed by atoms with Crippen LogP contribution in [0.15, 0.2) is 42.5 Å². The number of nitrogens with zero attached hydrogens (tertiary/aromatic N) is 2. The van der Waals surface area contributed by atoms with Gasteiger partial charge in [-0.15, -0.1) is 0 Å². The molecule has 7 heteroatoms. The van der Waals surface area contributed by atoms with Gasteiger partial charge in [0.1, 0.15) is 5.75 Å². The van der Waals surface area contributed by atoms with Gasteiger partial charge in [-0.3, -0.25) is 14.9 Å². The fraction of sp³-hybridized carbons (Fsp3) is 0.316. The lowest BCUT2D eigenvalue weighted by atomic mass is 10.0. The monoisotopic (exact) mass is 356 g/mol. The van der Waals surface area contributed by atoms with Gasteiger partial charge in [-0.05, 0) is 42.7 Å². The smallest absolute Gasteiger partial charge is 0.311 e. The van der Waals surface area contributed by atoms with E-state index >= 15 is 0 Å². The second-order valence-electron chi connectivity index (χ2n) is 6.07. The van der Waals surface area contributed by atoms with E-state index in [-0.39, 0.29) is 28.9 Å². The molecule has 7 nitrogen and oxygen atoms in total. The lowest BCUT2D eigenvalue weighted by Gasteiger charge is -2.25. The predicted octanol–water partition coefficient (Wildman–Crippen LogP) is 3.59. The number of hydrogen-bond donors (Lipinski definition) is 0. The van der Waals surface area contributed by atoms with E-state index in [1.54, 1.807) is 18.1 Å². The number of likely N-dealkylation sites (tertiary alicyclic amines) is 1. The molecule has 1 fully saturated rings. The Morgan fingerprint density at radius 1 is 1.15 bits per heavy atom. The van der Waals surface area contributed by atoms with E-state index in [1.165, 1.54) is 19.2 Å². The number of nitro benzene ring substituents is 1. The highest BCUT2D eigenvalue weighted by atomic mass is 16.6. The van der Waals surface area contributed by atoms with Crippen molar-refractivity contribution in [3.8, 4) is 11.5 Å². The quantitative estimate of drug-likeness (QED) is 0.604. The van der Waals surface area contributed by atoms with Crippen molar-refractivity contribution in [2.45, 2.75) is 18.9 Å². The molecule has 1 heterocycles. The Kier molecular flexibility index (Phi) is 5.06. The summed E-state index contributed by atoms with van der Waals surface area (Å²) in [5.74, 6) is 0.684. The van der Waals surface area contributed by atoms with Gasteiger partial charge in [-0.25, -0.2) is 0 Å². The second kappa shape index (κ2) is 7.43. The van der Waals surface area contributed by atoms with Gasteiger partial charge in [0.05, 0.1) is 25.2 Å². The fourth-order valence-corrected chi connectivity index (χ4v) is 3.31. The molecule has 1 aliphatic rings. The van der Waals surface area contributed by atoms with Crippen LogP contribution in [0.25, 0.3) is 0 Å². The molecule has 0 radical (unpaired) electrons. The van der Waals surface area contributed by atoms with Crippen molar-refractivity contribution in [1.82, 2.24) is 4.90 Å². The number of nitro groups is 1. The van der Waals surface area contributed by atoms with Crippen LogP contribution in [0.5, 0.6) is 11.5 Å². The second-order valence-corrected chi connectivity index (χ2v) is 6.07. The first-order valence-corrected chi connectivity index (χ1v) is 8.32. The average Bonchev–Trinajstić information content (AvgIpc) is 3.16. The zero-order valence-corrected chi connectivity index (χ0v) is 14.7. The number of benzene rings is 2. The molecule has 1 atom stereocenters. The molecule has 0 saturated carbocycles. The third-order valence-electron chi connectivity index (χ3n) is 4.64. The third kappa shape index (κ3) is 3.33. The molecule has 0 bridgehead atoms. The van der Waals surface area contributed by atoms with E-state index in [0.29, 0.717) is 6.54 Å². The van der Waals surface area contributed by atoms with Crippen LogP contribution in [0.1, 0.15) is 34.8 Å². The minimum atomic E-state index is -0.541. The summed E-state index contributed by atoms with van der Waals surface area (Å²) in [6.07, 6.45) is 1.75. The van der Waals surface area contributed by atoms with Crippen molar-refractivity contribution in [3.05, 3.63) is 63.7 Å². The molecule has 26 heavy (non-hydrogen) atoms. The molecule has 1 amide bonds. The number of hydrogen-bond acceptors (Lipinski definition) is 5. The van der Waals surface area contributed by atoms with Crippen molar-refractivity contribution in [2.75, 3.05) is 20.8 Å². The highest BCUT2D eigenvalue weighted by Crippen LogP contribution is 2.35. The average molecular weight is 356 g/mol. The number of rotatable bonds is 5. The van der Waals surface area contributed by atoms with Crippen LogP contribution >= 0.6 is 0 Å². The van der Waals surface area contributed by atoms with Crippen molar-refractivity contribution in [3.63, 3.8) is 0 Å². The molecule has 136 valence electrons. The first-order chi connectivity index (χ1) is 12.5. The highest BCUT2D eigenvalue weighted by Gasteiger charge is 2.31. The van der Waals surface area contributed by atoms with E-state index in [1.807, 2.05) is 24.3 Å². The minimum Gasteiger partial charge on any atom is -0.497 e. The lowest BCUT2D eigenvalue weighted by molar-refractivity contribution is -0.385. The van der Waals surface area contributed by atoms with Crippen LogP contribution in [0, 0.1) is 10.1 Å². The zero-order chi connectivity index (χ0) is 18.7. The molecule has 0 aromatic heterocycles. The topological polar surface area (TPSA) is 81.9 Å². The van der Waals surface area contributed by atoms with Crippen molar-refractivity contribution in [2.24, 2.45) is 0 Å². The number of carbonyl (C=O) groups is 1. The maximum Gasteiger partial charge on any atom is 0.311 e. The largest absolute Gasteiger partial charge is 0.497 e. The molecule has 3 rings (SSSR count). The van der Waals surface area contributed by atoms with Gasteiger partial charge >= 0.3 is 5.69 Å². The van der Waals surface area contributed by atoms with E-state index in [9.17, 15) is 14.9 Å². The van der Waals surface area contributed by atoms with Crippen LogP contribution in [0.3, 0.4) is 0 Å². The lowest BCUT2D eigenvalue weighted by Crippen LogP contribution is -2.30. The van der Waals surface area contributed by atoms with Crippen molar-refractivity contribution in [1.29, 1.82) is 0 Å². The summed E-state index contributed by atoms with van der Waals surface area (Å²) in [6.45, 7) is 0.620. The first-order valence-electron chi connectivity index (χ1n) is 8.32. The predicted molar refractivity (Wildman–Crippen MR) is 95.7 cm³/mol. The number of ether oxygens (including phenoxy) is 2. The van der Waals surface area contributed by atoms with Crippen molar-refractivity contribution >= 4 is 11.6 Å². The van der Waals surface area contributed by atoms with Crippen molar-refractivity contribution < 1.29 is 19.2 Å². The Morgan fingerprint density at radius 3 is 2.50 bits per heavy atom. The van der Waals surface area contributed by atoms with Crippen LogP contribution < -0.4 is 9.47 Å². The maximum absolute atomic E-state index is 13.0. The van der Waals surface area contributed by atoms with Gasteiger partial charge in [0.2, 0.25) is 0 Å². The maximum atomic E-state index is 13.0. The molecule has 0 N–H and O–H groups in total. The molecular formula is C19H20N2O5. The van der Waals surface area contributed by atoms with Gasteiger partial charge in [-0.1, -0.05) is 12.1 Å². The molecule has 1 saturated heterocycles. The van der Waals surface area contributed by atoms with Crippen LogP contribution in [-0.4, -0.2) is 36.5 Å². The van der Waals surface area contributed by atoms with Gasteiger partial charge in [0.15, 0.2) is 5.75 Å². The minimum absolute atomic E-state index is 0.0467. The third-order valence-corrected chi connectivity index (χ3v) is 4.64. The summed E-state index contributed by atoms with van der Waals surface area (Å²) in [7, 11) is 2.97. The molecule has 1 aliphatic heterocycles. The Bertz CT molecular complexity index is 819. The standard InChI is InChI=1S/C19H20N2O5/c1-25-15-8-5-13(6-9-15)16-4-3-11-20(16)19(22)14-7-10-18(26-2)17(12-14)21(23)24/h5-10,12,16H,3-4,11H2,1-2H3. The highest BCUT2D eigenvalue weighted by molar-refractivity contribution is 5.95. The summed E-state index contributed by atoms with van der Waals surface area (Å²) >= 11 is 0. The summed E-state index contributed by atoms with van der Waals surface area (Å²) in [6, 6.07) is 11.9. The van der Waals surface area contributed by atoms with Gasteiger partial charge in [0.25, 0.3) is 5.91 Å². The molecule has 0 aliphatic carbocycles. The number of methoxy groups -OCH3 is 2. The van der Waals surface area contributed by atoms with Gasteiger partial charge in [0, 0.05) is 18.2 Å². The SMILES string of the molecule is COc1ccc(C2CCCN2C(=O)c2ccc(OC)c([N+](=O)[O-])c2)cc1. The first kappa shape index (κ1) is 17.7. The number of amides is 1. The Balaban J connectivity index is 1.88. The summed E-state index contributed by atoms with van der Waals surface area (Å²) in [4.78, 5) is 25.4. The fourth-order valence-electron chi connectivity index (χ4n) is 3.31.